The lowest BCUT2D eigenvalue weighted by atomic mass is 10.3. The highest BCUT2D eigenvalue weighted by Gasteiger charge is 2.36. The highest BCUT2D eigenvalue weighted by atomic mass is 32.2. The van der Waals surface area contributed by atoms with E-state index in [0.29, 0.717) is 21.6 Å². The second kappa shape index (κ2) is 5.43. The Kier molecular flexibility index (Phi) is 4.06. The molecule has 11 heteroatoms. The summed E-state index contributed by atoms with van der Waals surface area (Å²) in [5.41, 5.74) is 0.362. The van der Waals surface area contributed by atoms with Crippen molar-refractivity contribution in [3.05, 3.63) is 16.9 Å². The summed E-state index contributed by atoms with van der Waals surface area (Å²) < 4.78 is 40.6. The van der Waals surface area contributed by atoms with Crippen LogP contribution < -0.4 is 0 Å². The number of nitrogens with zero attached hydrogens (tertiary/aromatic N) is 3. The number of thiazole rings is 1. The van der Waals surface area contributed by atoms with Crippen LogP contribution in [0.4, 0.5) is 13.2 Å². The van der Waals surface area contributed by atoms with Crippen molar-refractivity contribution in [3.63, 3.8) is 0 Å². The monoisotopic (exact) mass is 327 g/mol. The number of aromatic nitrogens is 3. The van der Waals surface area contributed by atoms with E-state index in [4.69, 9.17) is 5.11 Å². The molecule has 0 bridgehead atoms. The SMILES string of the molecule is O=C(O)Cc1csc(Sc2nc(C(F)(F)F)ns2)n1. The lowest BCUT2D eigenvalue weighted by Crippen LogP contribution is -2.06. The number of hydrogen-bond donors (Lipinski definition) is 1. The van der Waals surface area contributed by atoms with E-state index in [0.717, 1.165) is 23.1 Å². The molecule has 0 spiro atoms. The quantitative estimate of drug-likeness (QED) is 0.930. The Bertz CT molecular complexity index is 595. The summed E-state index contributed by atoms with van der Waals surface area (Å²) in [6.07, 6.45) is -4.78. The van der Waals surface area contributed by atoms with E-state index >= 15 is 0 Å². The van der Waals surface area contributed by atoms with Gasteiger partial charge >= 0.3 is 12.1 Å². The van der Waals surface area contributed by atoms with E-state index in [1.807, 2.05) is 0 Å². The molecule has 0 aromatic carbocycles. The Labute approximate surface area is 116 Å². The van der Waals surface area contributed by atoms with E-state index in [-0.39, 0.29) is 10.8 Å². The molecular weight excluding hydrogens is 323 g/mol. The van der Waals surface area contributed by atoms with Gasteiger partial charge < -0.3 is 5.11 Å². The van der Waals surface area contributed by atoms with Gasteiger partial charge in [-0.05, 0) is 23.3 Å². The second-order valence-corrected chi connectivity index (χ2v) is 6.26. The normalized spacial score (nSPS) is 11.7. The predicted octanol–water partition coefficient (Wildman–Crippen LogP) is 2.79. The largest absolute Gasteiger partial charge is 0.481 e. The van der Waals surface area contributed by atoms with E-state index in [2.05, 4.69) is 14.3 Å². The van der Waals surface area contributed by atoms with Gasteiger partial charge in [0.15, 0.2) is 8.68 Å². The van der Waals surface area contributed by atoms with Crippen LogP contribution in [0.5, 0.6) is 0 Å². The van der Waals surface area contributed by atoms with Crippen LogP contribution in [-0.4, -0.2) is 25.4 Å². The van der Waals surface area contributed by atoms with Gasteiger partial charge in [-0.25, -0.2) is 9.97 Å². The Balaban J connectivity index is 2.07. The average Bonchev–Trinajstić information content (AvgIpc) is 2.86. The Hall–Kier alpha value is -1.20. The Morgan fingerprint density at radius 3 is 2.68 bits per heavy atom. The molecular formula is C8H4F3N3O2S3. The van der Waals surface area contributed by atoms with Gasteiger partial charge in [-0.1, -0.05) is 0 Å². The van der Waals surface area contributed by atoms with Gasteiger partial charge in [0.1, 0.15) is 0 Å². The minimum atomic E-state index is -4.56. The summed E-state index contributed by atoms with van der Waals surface area (Å²) in [6.45, 7) is 0. The molecule has 0 aliphatic heterocycles. The van der Waals surface area contributed by atoms with Crippen molar-refractivity contribution in [2.75, 3.05) is 0 Å². The molecule has 1 N–H and O–H groups in total. The Morgan fingerprint density at radius 2 is 2.11 bits per heavy atom. The molecule has 0 atom stereocenters. The zero-order valence-electron chi connectivity index (χ0n) is 8.84. The number of halogens is 3. The fraction of sp³-hybridized carbons (Fsp3) is 0.250. The van der Waals surface area contributed by atoms with Crippen LogP contribution in [0.15, 0.2) is 14.1 Å². The maximum atomic E-state index is 12.3. The lowest BCUT2D eigenvalue weighted by Gasteiger charge is -1.97. The first-order chi connectivity index (χ1) is 8.84. The number of carboxylic acids is 1. The molecule has 0 radical (unpaired) electrons. The summed E-state index contributed by atoms with van der Waals surface area (Å²) in [7, 11) is 0. The molecule has 0 saturated heterocycles. The first kappa shape index (κ1) is 14.2. The fourth-order valence-electron chi connectivity index (χ4n) is 1.01. The molecule has 0 saturated carbocycles. The summed E-state index contributed by atoms with van der Waals surface area (Å²) in [4.78, 5) is 17.8. The van der Waals surface area contributed by atoms with Crippen LogP contribution in [0, 0.1) is 0 Å². The van der Waals surface area contributed by atoms with Crippen molar-refractivity contribution in [1.82, 2.24) is 14.3 Å². The van der Waals surface area contributed by atoms with Crippen molar-refractivity contribution in [3.8, 4) is 0 Å². The summed E-state index contributed by atoms with van der Waals surface area (Å²) in [5.74, 6) is -2.19. The maximum absolute atomic E-state index is 12.3. The molecule has 0 unspecified atom stereocenters. The fourth-order valence-corrected chi connectivity index (χ4v) is 3.67. The maximum Gasteiger partial charge on any atom is 0.452 e. The first-order valence-corrected chi connectivity index (χ1v) is 7.06. The molecule has 0 fully saturated rings. The number of carbonyl (C=O) groups is 1. The van der Waals surface area contributed by atoms with Crippen molar-refractivity contribution in [2.45, 2.75) is 21.3 Å². The summed E-state index contributed by atoms with van der Waals surface area (Å²) in [6, 6.07) is 0. The van der Waals surface area contributed by atoms with Crippen LogP contribution >= 0.6 is 34.6 Å². The highest BCUT2D eigenvalue weighted by molar-refractivity contribution is 8.02. The molecule has 2 aromatic rings. The van der Waals surface area contributed by atoms with Gasteiger partial charge in [0, 0.05) is 5.38 Å². The summed E-state index contributed by atoms with van der Waals surface area (Å²) in [5, 5.41) is 10.1. The van der Waals surface area contributed by atoms with Crippen LogP contribution in [0.1, 0.15) is 11.5 Å². The highest BCUT2D eigenvalue weighted by Crippen LogP contribution is 2.35. The van der Waals surface area contributed by atoms with Crippen LogP contribution in [-0.2, 0) is 17.4 Å². The predicted molar refractivity (Wildman–Crippen MR) is 62.5 cm³/mol. The van der Waals surface area contributed by atoms with Gasteiger partial charge in [0.05, 0.1) is 12.1 Å². The van der Waals surface area contributed by atoms with Crippen molar-refractivity contribution in [2.24, 2.45) is 0 Å². The lowest BCUT2D eigenvalue weighted by molar-refractivity contribution is -0.144. The molecule has 2 aromatic heterocycles. The topological polar surface area (TPSA) is 76.0 Å². The van der Waals surface area contributed by atoms with Gasteiger partial charge in [-0.3, -0.25) is 4.79 Å². The number of rotatable bonds is 4. The molecule has 0 aliphatic rings. The third kappa shape index (κ3) is 3.88. The van der Waals surface area contributed by atoms with E-state index in [9.17, 15) is 18.0 Å². The molecule has 19 heavy (non-hydrogen) atoms. The van der Waals surface area contributed by atoms with Gasteiger partial charge in [0.2, 0.25) is 5.82 Å². The standard InChI is InChI=1S/C8H4F3N3O2S3/c9-8(10,11)5-13-7(19-14-5)18-6-12-3(2-17-6)1-4(15)16/h2H,1H2,(H,15,16). The molecule has 2 heterocycles. The molecule has 102 valence electrons. The van der Waals surface area contributed by atoms with Gasteiger partial charge in [-0.15, -0.1) is 11.3 Å². The second-order valence-electron chi connectivity index (χ2n) is 3.16. The van der Waals surface area contributed by atoms with Crippen LogP contribution in [0.25, 0.3) is 0 Å². The summed E-state index contributed by atoms with van der Waals surface area (Å²) >= 11 is 2.71. The number of aliphatic carboxylic acids is 1. The molecule has 0 aliphatic carbocycles. The number of hydrogen-bond acceptors (Lipinski definition) is 7. The minimum Gasteiger partial charge on any atom is -0.481 e. The van der Waals surface area contributed by atoms with Crippen LogP contribution in [0.3, 0.4) is 0 Å². The third-order valence-corrected chi connectivity index (χ3v) is 4.44. The van der Waals surface area contributed by atoms with Crippen molar-refractivity contribution in [1.29, 1.82) is 0 Å². The van der Waals surface area contributed by atoms with Gasteiger partial charge in [0.25, 0.3) is 0 Å². The molecule has 2 rings (SSSR count). The molecule has 5 nitrogen and oxygen atoms in total. The van der Waals surface area contributed by atoms with Gasteiger partial charge in [-0.2, -0.15) is 17.5 Å². The minimum absolute atomic E-state index is 0.114. The van der Waals surface area contributed by atoms with E-state index in [1.54, 1.807) is 5.38 Å². The van der Waals surface area contributed by atoms with Crippen molar-refractivity contribution < 1.29 is 23.1 Å². The van der Waals surface area contributed by atoms with Crippen molar-refractivity contribution >= 4 is 40.6 Å². The zero-order chi connectivity index (χ0) is 14.0. The first-order valence-electron chi connectivity index (χ1n) is 4.59. The number of alkyl halides is 3. The van der Waals surface area contributed by atoms with E-state index < -0.39 is 18.0 Å². The molecule has 0 amide bonds. The average molecular weight is 327 g/mol. The Morgan fingerprint density at radius 1 is 1.37 bits per heavy atom. The van der Waals surface area contributed by atoms with E-state index in [1.165, 1.54) is 0 Å². The number of carboxylic acid groups (broad SMARTS) is 1. The third-order valence-electron chi connectivity index (χ3n) is 1.70. The van der Waals surface area contributed by atoms with Crippen LogP contribution in [0.2, 0.25) is 0 Å². The zero-order valence-corrected chi connectivity index (χ0v) is 11.3. The smallest absolute Gasteiger partial charge is 0.452 e.